The maximum atomic E-state index is 14.1. The van der Waals surface area contributed by atoms with Crippen LogP contribution < -0.4 is 16.5 Å². The molecule has 1 heterocycles. The zero-order valence-electron chi connectivity index (χ0n) is 18.5. The third-order valence-electron chi connectivity index (χ3n) is 5.25. The molecule has 172 valence electrons. The van der Waals surface area contributed by atoms with Crippen LogP contribution in [-0.2, 0) is 0 Å². The second kappa shape index (κ2) is 9.23. The van der Waals surface area contributed by atoms with Crippen molar-refractivity contribution in [2.45, 2.75) is 26.8 Å². The molecule has 3 rings (SSSR count). The number of nitrogens with one attached hydrogen (secondary N) is 1. The van der Waals surface area contributed by atoms with Crippen LogP contribution in [-0.4, -0.2) is 24.3 Å². The number of allylic oxidation sites excluding steroid dienone is 1. The molecule has 3 aromatic rings. The number of aliphatic imine (C=N–C) groups is 1. The zero-order chi connectivity index (χ0) is 24.4. The lowest BCUT2D eigenvalue weighted by Gasteiger charge is -2.20. The van der Waals surface area contributed by atoms with E-state index in [1.807, 2.05) is 0 Å². The van der Waals surface area contributed by atoms with Crippen LogP contribution in [0.4, 0.5) is 14.5 Å². The molecule has 0 radical (unpaired) electrons. The van der Waals surface area contributed by atoms with Crippen LogP contribution >= 0.6 is 0 Å². The predicted octanol–water partition coefficient (Wildman–Crippen LogP) is 4.56. The van der Waals surface area contributed by atoms with E-state index in [-0.39, 0.29) is 22.5 Å². The minimum absolute atomic E-state index is 0.112. The maximum absolute atomic E-state index is 14.1. The van der Waals surface area contributed by atoms with Gasteiger partial charge >= 0.3 is 5.97 Å². The molecular weight excluding hydrogens is 432 g/mol. The van der Waals surface area contributed by atoms with Crippen molar-refractivity contribution in [3.8, 4) is 0 Å². The van der Waals surface area contributed by atoms with Gasteiger partial charge in [-0.15, -0.1) is 0 Å². The van der Waals surface area contributed by atoms with E-state index in [0.29, 0.717) is 22.1 Å². The Bertz CT molecular complexity index is 1380. The summed E-state index contributed by atoms with van der Waals surface area (Å²) in [6, 6.07) is 4.81. The number of aromatic carboxylic acids is 1. The van der Waals surface area contributed by atoms with Gasteiger partial charge in [-0.1, -0.05) is 6.07 Å². The molecule has 2 aromatic carbocycles. The maximum Gasteiger partial charge on any atom is 0.340 e. The first-order valence-electron chi connectivity index (χ1n) is 10.0. The normalized spacial score (nSPS) is 13.0. The van der Waals surface area contributed by atoms with E-state index in [0.717, 1.165) is 17.7 Å². The van der Waals surface area contributed by atoms with Crippen LogP contribution in [0.25, 0.3) is 16.5 Å². The van der Waals surface area contributed by atoms with Crippen molar-refractivity contribution < 1.29 is 23.1 Å². The number of rotatable bonds is 6. The molecule has 0 saturated heterocycles. The number of carboxylic acid groups (broad SMARTS) is 1. The lowest BCUT2D eigenvalue weighted by atomic mass is 9.98. The topological polar surface area (TPSA) is 118 Å². The molecule has 1 atom stereocenters. The van der Waals surface area contributed by atoms with E-state index in [9.17, 15) is 23.5 Å². The van der Waals surface area contributed by atoms with Gasteiger partial charge in [-0.25, -0.2) is 13.6 Å². The van der Waals surface area contributed by atoms with E-state index >= 15 is 0 Å². The Morgan fingerprint density at radius 3 is 2.58 bits per heavy atom. The van der Waals surface area contributed by atoms with E-state index < -0.39 is 29.2 Å². The van der Waals surface area contributed by atoms with E-state index in [1.165, 1.54) is 12.4 Å². The smallest absolute Gasteiger partial charge is 0.340 e. The minimum Gasteiger partial charge on any atom is -0.478 e. The Balaban J connectivity index is 2.23. The number of halogens is 2. The first kappa shape index (κ1) is 23.6. The van der Waals surface area contributed by atoms with Gasteiger partial charge in [0.05, 0.1) is 22.7 Å². The van der Waals surface area contributed by atoms with Crippen LogP contribution in [0.1, 0.15) is 45.8 Å². The Morgan fingerprint density at radius 1 is 1.27 bits per heavy atom. The largest absolute Gasteiger partial charge is 0.478 e. The van der Waals surface area contributed by atoms with Gasteiger partial charge in [-0.3, -0.25) is 9.79 Å². The summed E-state index contributed by atoms with van der Waals surface area (Å²) >= 11 is 0. The molecule has 0 spiro atoms. The number of carboxylic acids is 1. The number of nitrogens with zero attached hydrogens (tertiary/aromatic N) is 1. The van der Waals surface area contributed by atoms with Crippen molar-refractivity contribution >= 4 is 34.4 Å². The molecule has 33 heavy (non-hydrogen) atoms. The second-order valence-electron chi connectivity index (χ2n) is 7.58. The number of anilines is 1. The van der Waals surface area contributed by atoms with Gasteiger partial charge in [-0.2, -0.15) is 0 Å². The summed E-state index contributed by atoms with van der Waals surface area (Å²) in [4.78, 5) is 28.6. The standard InChI is InChI=1S/C24H23F2N3O4/c1-11-7-15(13(3)29-18-6-5-17(25)20(26)19(18)24(31)32)23-16(8-11)21(30)12(2)22(33-23)14(9-27)10-28-4/h5-10,13,29H,27H2,1-4H3,(H,31,32)/b14-9+,28-10?. The predicted molar refractivity (Wildman–Crippen MR) is 124 cm³/mol. The number of aryl methyl sites for hydroxylation is 1. The van der Waals surface area contributed by atoms with Gasteiger partial charge in [-0.05, 0) is 44.5 Å². The van der Waals surface area contributed by atoms with Crippen LogP contribution in [0.15, 0.2) is 44.7 Å². The SMILES string of the molecule is CN=C/C(=C\N)c1oc2c(C(C)Nc3ccc(F)c(F)c3C(=O)O)cc(C)cc2c(=O)c1C. The molecule has 0 aliphatic carbocycles. The Labute approximate surface area is 188 Å². The summed E-state index contributed by atoms with van der Waals surface area (Å²) in [5.41, 5.74) is 6.82. The van der Waals surface area contributed by atoms with Crippen molar-refractivity contribution in [3.63, 3.8) is 0 Å². The molecule has 7 nitrogen and oxygen atoms in total. The number of hydrogen-bond acceptors (Lipinski definition) is 6. The third kappa shape index (κ3) is 4.34. The Morgan fingerprint density at radius 2 is 1.97 bits per heavy atom. The van der Waals surface area contributed by atoms with Crippen LogP contribution in [0.5, 0.6) is 0 Å². The summed E-state index contributed by atoms with van der Waals surface area (Å²) in [7, 11) is 1.56. The van der Waals surface area contributed by atoms with Gasteiger partial charge < -0.3 is 20.6 Å². The fourth-order valence-electron chi connectivity index (χ4n) is 3.67. The number of nitrogens with two attached hydrogens (primary N) is 1. The molecule has 0 bridgehead atoms. The molecule has 1 aromatic heterocycles. The van der Waals surface area contributed by atoms with Gasteiger partial charge in [0, 0.05) is 30.6 Å². The Hall–Kier alpha value is -4.01. The van der Waals surface area contributed by atoms with Crippen molar-refractivity contribution in [3.05, 3.63) is 80.3 Å². The molecule has 1 unspecified atom stereocenters. The summed E-state index contributed by atoms with van der Waals surface area (Å²) in [6.07, 6.45) is 2.74. The van der Waals surface area contributed by atoms with Crippen LogP contribution in [0.2, 0.25) is 0 Å². The highest BCUT2D eigenvalue weighted by Crippen LogP contribution is 2.32. The number of carbonyl (C=O) groups is 1. The highest BCUT2D eigenvalue weighted by atomic mass is 19.2. The van der Waals surface area contributed by atoms with E-state index in [2.05, 4.69) is 10.3 Å². The van der Waals surface area contributed by atoms with Crippen molar-refractivity contribution in [2.24, 2.45) is 10.7 Å². The van der Waals surface area contributed by atoms with Crippen molar-refractivity contribution in [2.75, 3.05) is 12.4 Å². The molecule has 0 aliphatic rings. The number of hydrogen-bond donors (Lipinski definition) is 3. The summed E-state index contributed by atoms with van der Waals surface area (Å²) in [5.74, 6) is -4.10. The highest BCUT2D eigenvalue weighted by molar-refractivity contribution is 6.09. The monoisotopic (exact) mass is 455 g/mol. The van der Waals surface area contributed by atoms with Gasteiger partial charge in [0.2, 0.25) is 0 Å². The molecule has 4 N–H and O–H groups in total. The fourth-order valence-corrected chi connectivity index (χ4v) is 3.67. The molecule has 0 amide bonds. The quantitative estimate of drug-likeness (QED) is 0.469. The third-order valence-corrected chi connectivity index (χ3v) is 5.25. The molecular formula is C24H23F2N3O4. The van der Waals surface area contributed by atoms with Crippen molar-refractivity contribution in [1.29, 1.82) is 0 Å². The lowest BCUT2D eigenvalue weighted by molar-refractivity contribution is 0.0691. The van der Waals surface area contributed by atoms with Crippen LogP contribution in [0, 0.1) is 25.5 Å². The van der Waals surface area contributed by atoms with Gasteiger partial charge in [0.15, 0.2) is 17.1 Å². The molecule has 0 fully saturated rings. The number of benzene rings is 2. The lowest BCUT2D eigenvalue weighted by Crippen LogP contribution is -2.15. The first-order chi connectivity index (χ1) is 15.6. The average molecular weight is 455 g/mol. The highest BCUT2D eigenvalue weighted by Gasteiger charge is 2.23. The summed E-state index contributed by atoms with van der Waals surface area (Å²) < 4.78 is 33.9. The fraction of sp³-hybridized carbons (Fsp3) is 0.208. The first-order valence-corrected chi connectivity index (χ1v) is 10.0. The minimum atomic E-state index is -1.61. The molecule has 9 heteroatoms. The Kier molecular flexibility index (Phi) is 6.62. The average Bonchev–Trinajstić information content (AvgIpc) is 2.77. The van der Waals surface area contributed by atoms with Crippen LogP contribution in [0.3, 0.4) is 0 Å². The van der Waals surface area contributed by atoms with E-state index in [1.54, 1.807) is 40.0 Å². The second-order valence-corrected chi connectivity index (χ2v) is 7.58. The van der Waals surface area contributed by atoms with Crippen molar-refractivity contribution in [1.82, 2.24) is 0 Å². The summed E-state index contributed by atoms with van der Waals surface area (Å²) in [6.45, 7) is 5.11. The molecule has 0 saturated carbocycles. The van der Waals surface area contributed by atoms with Gasteiger partial charge in [0.1, 0.15) is 16.9 Å². The van der Waals surface area contributed by atoms with E-state index in [4.69, 9.17) is 10.2 Å². The number of fused-ring (bicyclic) bond motifs is 1. The zero-order valence-corrected chi connectivity index (χ0v) is 18.5. The summed E-state index contributed by atoms with van der Waals surface area (Å²) in [5, 5.41) is 12.6. The van der Waals surface area contributed by atoms with Gasteiger partial charge in [0.25, 0.3) is 0 Å². The molecule has 0 aliphatic heterocycles.